The van der Waals surface area contributed by atoms with Crippen molar-refractivity contribution in [2.75, 3.05) is 46.9 Å². The number of thiophene rings is 1. The van der Waals surface area contributed by atoms with Gasteiger partial charge in [0.2, 0.25) is 0 Å². The summed E-state index contributed by atoms with van der Waals surface area (Å²) in [5.41, 5.74) is 1.31. The summed E-state index contributed by atoms with van der Waals surface area (Å²) < 4.78 is 12.3. The first-order valence-corrected chi connectivity index (χ1v) is 8.73. The molecule has 3 rings (SSSR count). The minimum Gasteiger partial charge on any atom is -0.377 e. The lowest BCUT2D eigenvalue weighted by Crippen LogP contribution is -2.44. The van der Waals surface area contributed by atoms with Gasteiger partial charge in [-0.25, -0.2) is 0 Å². The van der Waals surface area contributed by atoms with E-state index in [1.807, 2.05) is 0 Å². The molecule has 118 valence electrons. The first kappa shape index (κ1) is 15.4. The lowest BCUT2D eigenvalue weighted by Gasteiger charge is -2.32. The number of hydrogen-bond donors (Lipinski definition) is 0. The van der Waals surface area contributed by atoms with Crippen molar-refractivity contribution in [3.05, 3.63) is 22.4 Å². The topological polar surface area (TPSA) is 24.9 Å². The van der Waals surface area contributed by atoms with Gasteiger partial charge in [-0.3, -0.25) is 4.90 Å². The minimum atomic E-state index is -0.0901. The van der Waals surface area contributed by atoms with Gasteiger partial charge in [0.25, 0.3) is 0 Å². The number of rotatable bonds is 4. The summed E-state index contributed by atoms with van der Waals surface area (Å²) in [6.45, 7) is 5.57. The highest BCUT2D eigenvalue weighted by atomic mass is 32.1. The summed E-state index contributed by atoms with van der Waals surface area (Å²) >= 11 is 1.77. The predicted octanol–water partition coefficient (Wildman–Crippen LogP) is 2.06. The molecule has 0 radical (unpaired) electrons. The largest absolute Gasteiger partial charge is 0.377 e. The second-order valence-electron chi connectivity index (χ2n) is 6.62. The summed E-state index contributed by atoms with van der Waals surface area (Å²) in [6.07, 6.45) is 2.61. The van der Waals surface area contributed by atoms with Crippen molar-refractivity contribution < 1.29 is 9.47 Å². The number of hydrogen-bond acceptors (Lipinski definition) is 5. The average Bonchev–Trinajstić information content (AvgIpc) is 3.00. The summed E-state index contributed by atoms with van der Waals surface area (Å²) in [5.74, 6) is 0. The van der Waals surface area contributed by atoms with E-state index in [0.717, 1.165) is 52.2 Å². The van der Waals surface area contributed by atoms with E-state index >= 15 is 0 Å². The van der Waals surface area contributed by atoms with Gasteiger partial charge < -0.3 is 14.4 Å². The fourth-order valence-electron chi connectivity index (χ4n) is 3.41. The predicted molar refractivity (Wildman–Crippen MR) is 85.8 cm³/mol. The quantitative estimate of drug-likeness (QED) is 0.850. The summed E-state index contributed by atoms with van der Waals surface area (Å²) in [4.78, 5) is 4.71. The minimum absolute atomic E-state index is 0.0901. The Balaban J connectivity index is 1.62. The third-order valence-corrected chi connectivity index (χ3v) is 5.05. The van der Waals surface area contributed by atoms with Crippen LogP contribution in [-0.4, -0.2) is 68.4 Å². The third kappa shape index (κ3) is 4.05. The van der Waals surface area contributed by atoms with E-state index in [1.165, 1.54) is 5.56 Å². The van der Waals surface area contributed by atoms with Crippen LogP contribution < -0.4 is 0 Å². The monoisotopic (exact) mass is 310 g/mol. The highest BCUT2D eigenvalue weighted by Gasteiger charge is 2.43. The Kier molecular flexibility index (Phi) is 4.96. The van der Waals surface area contributed by atoms with Gasteiger partial charge in [-0.15, -0.1) is 0 Å². The molecule has 3 heterocycles. The van der Waals surface area contributed by atoms with Crippen molar-refractivity contribution in [2.24, 2.45) is 0 Å². The van der Waals surface area contributed by atoms with Crippen LogP contribution in [0.15, 0.2) is 16.8 Å². The Morgan fingerprint density at radius 3 is 3.14 bits per heavy atom. The third-order valence-electron chi connectivity index (χ3n) is 4.32. The van der Waals surface area contributed by atoms with E-state index in [4.69, 9.17) is 9.47 Å². The molecule has 0 aliphatic carbocycles. The molecule has 2 saturated heterocycles. The highest BCUT2D eigenvalue weighted by molar-refractivity contribution is 7.07. The van der Waals surface area contributed by atoms with Crippen LogP contribution in [0.2, 0.25) is 0 Å². The highest BCUT2D eigenvalue weighted by Crippen LogP contribution is 2.33. The van der Waals surface area contributed by atoms with Gasteiger partial charge in [0, 0.05) is 26.2 Å². The second-order valence-corrected chi connectivity index (χ2v) is 7.40. The molecule has 0 bridgehead atoms. The van der Waals surface area contributed by atoms with Gasteiger partial charge in [0.1, 0.15) is 5.60 Å². The molecule has 1 aromatic rings. The van der Waals surface area contributed by atoms with Gasteiger partial charge in [-0.05, 0) is 49.3 Å². The lowest BCUT2D eigenvalue weighted by atomic mass is 10.00. The number of ether oxygens (including phenoxy) is 2. The Morgan fingerprint density at radius 1 is 1.48 bits per heavy atom. The van der Waals surface area contributed by atoms with Crippen LogP contribution in [0.5, 0.6) is 0 Å². The maximum Gasteiger partial charge on any atom is 0.105 e. The standard InChI is InChI=1S/C16H26N2O2S/c1-17(2)10-15-3-5-16(20-15)12-18(6-7-19-13-16)9-14-4-8-21-11-14/h4,8,11,15H,3,5-7,9-10,12-13H2,1-2H3/t15-,16+/m1/s1. The SMILES string of the molecule is CN(C)C[C@H]1CC[C@]2(COCCN(Cc3ccsc3)C2)O1. The van der Waals surface area contributed by atoms with E-state index < -0.39 is 0 Å². The first-order valence-electron chi connectivity index (χ1n) is 7.79. The van der Waals surface area contributed by atoms with Crippen LogP contribution in [0.4, 0.5) is 0 Å². The molecule has 2 aliphatic rings. The van der Waals surface area contributed by atoms with Crippen LogP contribution in [0.3, 0.4) is 0 Å². The van der Waals surface area contributed by atoms with Gasteiger partial charge in [0.15, 0.2) is 0 Å². The number of likely N-dealkylation sites (N-methyl/N-ethyl adjacent to an activating group) is 1. The summed E-state index contributed by atoms with van der Waals surface area (Å²) in [6, 6.07) is 2.22. The fourth-order valence-corrected chi connectivity index (χ4v) is 4.07. The smallest absolute Gasteiger partial charge is 0.105 e. The van der Waals surface area contributed by atoms with Crippen LogP contribution >= 0.6 is 11.3 Å². The van der Waals surface area contributed by atoms with E-state index in [9.17, 15) is 0 Å². The Bertz CT molecular complexity index is 437. The molecule has 5 heteroatoms. The molecule has 21 heavy (non-hydrogen) atoms. The molecule has 0 saturated carbocycles. The summed E-state index contributed by atoms with van der Waals surface area (Å²) in [5, 5.41) is 4.39. The van der Waals surface area contributed by atoms with Crippen molar-refractivity contribution in [2.45, 2.75) is 31.1 Å². The lowest BCUT2D eigenvalue weighted by molar-refractivity contribution is -0.0902. The maximum absolute atomic E-state index is 6.42. The van der Waals surface area contributed by atoms with Crippen molar-refractivity contribution in [3.8, 4) is 0 Å². The number of nitrogens with zero attached hydrogens (tertiary/aromatic N) is 2. The Morgan fingerprint density at radius 2 is 2.38 bits per heavy atom. The molecule has 2 aliphatic heterocycles. The van der Waals surface area contributed by atoms with Crippen LogP contribution in [0, 0.1) is 0 Å². The van der Waals surface area contributed by atoms with Gasteiger partial charge >= 0.3 is 0 Å². The first-order chi connectivity index (χ1) is 10.2. The zero-order valence-electron chi connectivity index (χ0n) is 13.1. The molecule has 0 aromatic carbocycles. The Labute approximate surface area is 131 Å². The van der Waals surface area contributed by atoms with Crippen LogP contribution in [0.1, 0.15) is 18.4 Å². The normalized spacial score (nSPS) is 31.1. The second kappa shape index (κ2) is 6.75. The molecule has 0 N–H and O–H groups in total. The zero-order valence-corrected chi connectivity index (χ0v) is 13.9. The molecule has 0 amide bonds. The van der Waals surface area contributed by atoms with E-state index in [1.54, 1.807) is 11.3 Å². The van der Waals surface area contributed by atoms with Crippen molar-refractivity contribution in [3.63, 3.8) is 0 Å². The van der Waals surface area contributed by atoms with Gasteiger partial charge in [-0.2, -0.15) is 11.3 Å². The Hall–Kier alpha value is -0.460. The van der Waals surface area contributed by atoms with Crippen molar-refractivity contribution >= 4 is 11.3 Å². The molecule has 2 atom stereocenters. The van der Waals surface area contributed by atoms with Crippen LogP contribution in [-0.2, 0) is 16.0 Å². The van der Waals surface area contributed by atoms with Crippen molar-refractivity contribution in [1.82, 2.24) is 9.80 Å². The maximum atomic E-state index is 6.42. The summed E-state index contributed by atoms with van der Waals surface area (Å²) in [7, 11) is 4.22. The van der Waals surface area contributed by atoms with Crippen LogP contribution in [0.25, 0.3) is 0 Å². The molecule has 0 unspecified atom stereocenters. The van der Waals surface area contributed by atoms with Gasteiger partial charge in [-0.1, -0.05) is 0 Å². The average molecular weight is 310 g/mol. The van der Waals surface area contributed by atoms with Gasteiger partial charge in [0.05, 0.1) is 19.3 Å². The zero-order chi connectivity index (χ0) is 14.7. The van der Waals surface area contributed by atoms with Crippen molar-refractivity contribution in [1.29, 1.82) is 0 Å². The molecular formula is C16H26N2O2S. The van der Waals surface area contributed by atoms with E-state index in [2.05, 4.69) is 40.7 Å². The fraction of sp³-hybridized carbons (Fsp3) is 0.750. The molecule has 1 aromatic heterocycles. The molecule has 1 spiro atoms. The molecule has 2 fully saturated rings. The molecule has 4 nitrogen and oxygen atoms in total. The molecular weight excluding hydrogens is 284 g/mol. The van der Waals surface area contributed by atoms with E-state index in [0.29, 0.717) is 6.10 Å². The van der Waals surface area contributed by atoms with E-state index in [-0.39, 0.29) is 5.60 Å².